The van der Waals surface area contributed by atoms with E-state index in [2.05, 4.69) is 0 Å². The number of nitrogens with zero attached hydrogens (tertiary/aromatic N) is 2. The van der Waals surface area contributed by atoms with Gasteiger partial charge in [0, 0.05) is 30.7 Å². The molecule has 0 aliphatic rings. The van der Waals surface area contributed by atoms with E-state index in [1.807, 2.05) is 89.1 Å². The first-order valence-electron chi connectivity index (χ1n) is 10.3. The van der Waals surface area contributed by atoms with Gasteiger partial charge in [0.25, 0.3) is 0 Å². The van der Waals surface area contributed by atoms with Crippen molar-refractivity contribution in [2.45, 2.75) is 19.6 Å². The monoisotopic (exact) mass is 428 g/mol. The first-order valence-corrected chi connectivity index (χ1v) is 10.3. The van der Waals surface area contributed by atoms with Crippen LogP contribution in [0.2, 0.25) is 0 Å². The van der Waals surface area contributed by atoms with E-state index in [4.69, 9.17) is 9.84 Å². The number of aryl methyl sites for hydroxylation is 1. The normalized spacial score (nSPS) is 12.3. The molecule has 0 aliphatic heterocycles. The molecule has 6 heteroatoms. The van der Waals surface area contributed by atoms with Crippen LogP contribution in [0.4, 0.5) is 0 Å². The van der Waals surface area contributed by atoms with Gasteiger partial charge in [-0.2, -0.15) is 0 Å². The van der Waals surface area contributed by atoms with Crippen molar-refractivity contribution in [3.8, 4) is 5.75 Å². The van der Waals surface area contributed by atoms with E-state index in [0.717, 1.165) is 16.5 Å². The lowest BCUT2D eigenvalue weighted by molar-refractivity contribution is -0.144. The molecule has 0 bridgehead atoms. The van der Waals surface area contributed by atoms with Crippen molar-refractivity contribution in [3.63, 3.8) is 0 Å². The molecule has 4 rings (SSSR count). The minimum Gasteiger partial charge on any atom is -0.479 e. The van der Waals surface area contributed by atoms with Crippen molar-refractivity contribution in [1.82, 2.24) is 9.13 Å². The van der Waals surface area contributed by atoms with Gasteiger partial charge in [-0.3, -0.25) is 4.79 Å². The van der Waals surface area contributed by atoms with Gasteiger partial charge in [-0.1, -0.05) is 42.5 Å². The highest BCUT2D eigenvalue weighted by Crippen LogP contribution is 2.21. The molecule has 4 aromatic rings. The molecule has 0 radical (unpaired) electrons. The minimum atomic E-state index is -1.01. The number of hydrogen-bond donors (Lipinski definition) is 1. The average molecular weight is 428 g/mol. The van der Waals surface area contributed by atoms with E-state index >= 15 is 0 Å². The topological polar surface area (TPSA) is 73.5 Å². The van der Waals surface area contributed by atoms with Crippen molar-refractivity contribution >= 4 is 28.7 Å². The average Bonchev–Trinajstić information content (AvgIpc) is 3.38. The Morgan fingerprint density at radius 3 is 2.62 bits per heavy atom. The van der Waals surface area contributed by atoms with Crippen LogP contribution in [0.5, 0.6) is 5.75 Å². The summed E-state index contributed by atoms with van der Waals surface area (Å²) in [5.74, 6) is -0.545. The summed E-state index contributed by atoms with van der Waals surface area (Å²) >= 11 is 0. The molecular formula is C26H24N2O4. The van der Waals surface area contributed by atoms with E-state index in [-0.39, 0.29) is 5.78 Å². The van der Waals surface area contributed by atoms with Crippen molar-refractivity contribution in [2.24, 2.45) is 7.05 Å². The standard InChI is InChI=1S/C26H24N2O4/c1-18(26(30)31)32-21-11-5-8-19(16-21)9-6-14-28-15-7-13-23(28)25(29)24-17-20-10-3-4-12-22(20)27(24)2/h3-13,15-18H,14H2,1-2H3,(H,30,31)/b9-6+/t18-/m0/s1. The number of ether oxygens (including phenoxy) is 1. The number of aliphatic carboxylic acids is 1. The Hall–Kier alpha value is -4.06. The van der Waals surface area contributed by atoms with Gasteiger partial charge < -0.3 is 19.0 Å². The third-order valence-corrected chi connectivity index (χ3v) is 5.38. The van der Waals surface area contributed by atoms with Crippen LogP contribution in [0.3, 0.4) is 0 Å². The number of benzene rings is 2. The van der Waals surface area contributed by atoms with E-state index in [1.165, 1.54) is 6.92 Å². The van der Waals surface area contributed by atoms with Crippen LogP contribution >= 0.6 is 0 Å². The fourth-order valence-corrected chi connectivity index (χ4v) is 3.67. The second kappa shape index (κ2) is 8.98. The molecule has 6 nitrogen and oxygen atoms in total. The Labute approximate surface area is 186 Å². The lowest BCUT2D eigenvalue weighted by Crippen LogP contribution is -2.22. The van der Waals surface area contributed by atoms with E-state index < -0.39 is 12.1 Å². The first kappa shape index (κ1) is 21.2. The number of para-hydroxylation sites is 1. The smallest absolute Gasteiger partial charge is 0.344 e. The summed E-state index contributed by atoms with van der Waals surface area (Å²) in [4.78, 5) is 24.2. The lowest BCUT2D eigenvalue weighted by Gasteiger charge is -2.10. The number of carboxylic acid groups (broad SMARTS) is 1. The predicted molar refractivity (Wildman–Crippen MR) is 124 cm³/mol. The van der Waals surface area contributed by atoms with Crippen LogP contribution in [0.15, 0.2) is 79.0 Å². The Balaban J connectivity index is 1.50. The number of ketones is 1. The first-order chi connectivity index (χ1) is 15.4. The minimum absolute atomic E-state index is 0.0276. The quantitative estimate of drug-likeness (QED) is 0.410. The zero-order valence-corrected chi connectivity index (χ0v) is 17.9. The predicted octanol–water partition coefficient (Wildman–Crippen LogP) is 4.78. The fraction of sp³-hybridized carbons (Fsp3) is 0.154. The number of carbonyl (C=O) groups excluding carboxylic acids is 1. The zero-order valence-electron chi connectivity index (χ0n) is 17.9. The molecule has 0 amide bonds. The van der Waals surface area contributed by atoms with Gasteiger partial charge in [0.1, 0.15) is 5.75 Å². The molecule has 0 unspecified atom stereocenters. The summed E-state index contributed by atoms with van der Waals surface area (Å²) in [7, 11) is 1.91. The highest BCUT2D eigenvalue weighted by molar-refractivity contribution is 6.09. The van der Waals surface area contributed by atoms with Crippen LogP contribution in [0.25, 0.3) is 17.0 Å². The number of aromatic nitrogens is 2. The summed E-state index contributed by atoms with van der Waals surface area (Å²) in [6, 6.07) is 20.8. The third-order valence-electron chi connectivity index (χ3n) is 5.38. The summed E-state index contributed by atoms with van der Waals surface area (Å²) in [5.41, 5.74) is 3.17. The maximum atomic E-state index is 13.2. The molecule has 2 aromatic carbocycles. The van der Waals surface area contributed by atoms with Crippen LogP contribution in [0, 0.1) is 0 Å². The molecule has 32 heavy (non-hydrogen) atoms. The van der Waals surface area contributed by atoms with Gasteiger partial charge in [-0.25, -0.2) is 4.79 Å². The molecule has 0 spiro atoms. The lowest BCUT2D eigenvalue weighted by atomic mass is 10.2. The number of fused-ring (bicyclic) bond motifs is 1. The van der Waals surface area contributed by atoms with Gasteiger partial charge >= 0.3 is 5.97 Å². The van der Waals surface area contributed by atoms with E-state index in [9.17, 15) is 9.59 Å². The molecule has 1 atom stereocenters. The number of carboxylic acids is 1. The summed E-state index contributed by atoms with van der Waals surface area (Å²) in [5, 5.41) is 10.0. The maximum absolute atomic E-state index is 13.2. The highest BCUT2D eigenvalue weighted by Gasteiger charge is 2.18. The van der Waals surface area contributed by atoms with Crippen LogP contribution in [-0.4, -0.2) is 32.1 Å². The number of allylic oxidation sites excluding steroid dienone is 1. The van der Waals surface area contributed by atoms with Crippen LogP contribution in [-0.2, 0) is 18.4 Å². The Morgan fingerprint density at radius 1 is 1.03 bits per heavy atom. The Morgan fingerprint density at radius 2 is 1.84 bits per heavy atom. The molecule has 0 saturated heterocycles. The molecule has 0 fully saturated rings. The van der Waals surface area contributed by atoms with E-state index in [1.54, 1.807) is 12.1 Å². The van der Waals surface area contributed by atoms with Gasteiger partial charge in [-0.15, -0.1) is 0 Å². The summed E-state index contributed by atoms with van der Waals surface area (Å²) in [6.45, 7) is 2.01. The SMILES string of the molecule is C[C@H](Oc1cccc(/C=C/Cn2cccc2C(=O)c2cc3ccccc3n2C)c1)C(=O)O. The maximum Gasteiger partial charge on any atom is 0.344 e. The fourth-order valence-electron chi connectivity index (χ4n) is 3.67. The second-order valence-electron chi connectivity index (χ2n) is 7.60. The van der Waals surface area contributed by atoms with Crippen LogP contribution in [0.1, 0.15) is 28.7 Å². The van der Waals surface area contributed by atoms with Gasteiger partial charge in [0.05, 0.1) is 11.4 Å². The van der Waals surface area contributed by atoms with Crippen molar-refractivity contribution < 1.29 is 19.4 Å². The Bertz CT molecular complexity index is 1310. The molecular weight excluding hydrogens is 404 g/mol. The van der Waals surface area contributed by atoms with Gasteiger partial charge in [0.2, 0.25) is 5.78 Å². The van der Waals surface area contributed by atoms with Crippen molar-refractivity contribution in [3.05, 3.63) is 96.0 Å². The van der Waals surface area contributed by atoms with Crippen LogP contribution < -0.4 is 4.74 Å². The van der Waals surface area contributed by atoms with Gasteiger partial charge in [0.15, 0.2) is 6.10 Å². The zero-order chi connectivity index (χ0) is 22.7. The largest absolute Gasteiger partial charge is 0.479 e. The summed E-state index contributed by atoms with van der Waals surface area (Å²) < 4.78 is 9.25. The molecule has 0 saturated carbocycles. The molecule has 162 valence electrons. The number of rotatable bonds is 8. The summed E-state index contributed by atoms with van der Waals surface area (Å²) in [6.07, 6.45) is 4.84. The Kier molecular flexibility index (Phi) is 5.94. The molecule has 2 heterocycles. The number of carbonyl (C=O) groups is 2. The molecule has 2 aromatic heterocycles. The number of hydrogen-bond acceptors (Lipinski definition) is 3. The van der Waals surface area contributed by atoms with Crippen molar-refractivity contribution in [1.29, 1.82) is 0 Å². The third kappa shape index (κ3) is 4.34. The highest BCUT2D eigenvalue weighted by atomic mass is 16.5. The molecule has 0 aliphatic carbocycles. The van der Waals surface area contributed by atoms with Crippen molar-refractivity contribution in [2.75, 3.05) is 0 Å². The second-order valence-corrected chi connectivity index (χ2v) is 7.60. The van der Waals surface area contributed by atoms with Gasteiger partial charge in [-0.05, 0) is 48.9 Å². The van der Waals surface area contributed by atoms with E-state index in [0.29, 0.717) is 23.7 Å². The molecule has 1 N–H and O–H groups in total.